The minimum Gasteiger partial charge on any atom is -0.211 e. The van der Waals surface area contributed by atoms with Crippen molar-refractivity contribution in [3.63, 3.8) is 0 Å². The molecule has 0 aliphatic heterocycles. The van der Waals surface area contributed by atoms with Crippen LogP contribution in [0.3, 0.4) is 0 Å². The predicted octanol–water partition coefficient (Wildman–Crippen LogP) is 4.01. The lowest BCUT2D eigenvalue weighted by Gasteiger charge is -2.33. The van der Waals surface area contributed by atoms with Crippen LogP contribution in [-0.4, -0.2) is 15.0 Å². The zero-order chi connectivity index (χ0) is 14.8. The van der Waals surface area contributed by atoms with Crippen molar-refractivity contribution >= 4 is 26.0 Å². The highest BCUT2D eigenvalue weighted by Gasteiger charge is 2.29. The minimum absolute atomic E-state index is 0.102. The summed E-state index contributed by atoms with van der Waals surface area (Å²) in [7, 11) is -3.43. The molecule has 1 aromatic carbocycles. The van der Waals surface area contributed by atoms with E-state index in [0.29, 0.717) is 11.4 Å². The standard InChI is InChI=1S/C15H22BrNO2S/c1-12-6-7-13(16)10-14(12)20(18,19)17-11-15(2)8-4-3-5-9-15/h6-7,10,17H,3-5,8-9,11H2,1-2H3. The number of rotatable bonds is 4. The molecule has 0 saturated heterocycles. The van der Waals surface area contributed by atoms with E-state index in [1.54, 1.807) is 6.07 Å². The van der Waals surface area contributed by atoms with E-state index in [0.717, 1.165) is 22.9 Å². The Morgan fingerprint density at radius 2 is 1.90 bits per heavy atom. The van der Waals surface area contributed by atoms with Gasteiger partial charge in [-0.1, -0.05) is 48.2 Å². The van der Waals surface area contributed by atoms with Gasteiger partial charge in [0.1, 0.15) is 0 Å². The maximum absolute atomic E-state index is 12.5. The lowest BCUT2D eigenvalue weighted by molar-refractivity contribution is 0.219. The Hall–Kier alpha value is -0.390. The molecule has 1 N–H and O–H groups in total. The topological polar surface area (TPSA) is 46.2 Å². The summed E-state index contributed by atoms with van der Waals surface area (Å²) in [4.78, 5) is 0.367. The second kappa shape index (κ2) is 6.16. The van der Waals surface area contributed by atoms with E-state index < -0.39 is 10.0 Å². The summed E-state index contributed by atoms with van der Waals surface area (Å²) in [6.07, 6.45) is 5.88. The van der Waals surface area contributed by atoms with Crippen molar-refractivity contribution in [1.29, 1.82) is 0 Å². The van der Waals surface area contributed by atoms with Crippen LogP contribution in [0.1, 0.15) is 44.6 Å². The van der Waals surface area contributed by atoms with E-state index in [1.807, 2.05) is 19.1 Å². The summed E-state index contributed by atoms with van der Waals surface area (Å²) in [5.41, 5.74) is 0.875. The molecule has 1 saturated carbocycles. The molecular formula is C15H22BrNO2S. The molecule has 112 valence electrons. The number of sulfonamides is 1. The van der Waals surface area contributed by atoms with Gasteiger partial charge in [0.25, 0.3) is 0 Å². The monoisotopic (exact) mass is 359 g/mol. The van der Waals surface area contributed by atoms with E-state index in [1.165, 1.54) is 19.3 Å². The van der Waals surface area contributed by atoms with Crippen LogP contribution in [0.4, 0.5) is 0 Å². The summed E-state index contributed by atoms with van der Waals surface area (Å²) in [6, 6.07) is 5.35. The van der Waals surface area contributed by atoms with Crippen LogP contribution in [0, 0.1) is 12.3 Å². The van der Waals surface area contributed by atoms with Crippen molar-refractivity contribution in [2.75, 3.05) is 6.54 Å². The highest BCUT2D eigenvalue weighted by Crippen LogP contribution is 2.35. The third kappa shape index (κ3) is 3.83. The van der Waals surface area contributed by atoms with E-state index in [9.17, 15) is 8.42 Å². The molecule has 5 heteroatoms. The predicted molar refractivity (Wildman–Crippen MR) is 85.3 cm³/mol. The fourth-order valence-corrected chi connectivity index (χ4v) is 4.77. The first-order valence-electron chi connectivity index (χ1n) is 7.08. The quantitative estimate of drug-likeness (QED) is 0.882. The average molecular weight is 360 g/mol. The summed E-state index contributed by atoms with van der Waals surface area (Å²) in [5, 5.41) is 0. The van der Waals surface area contributed by atoms with Gasteiger partial charge in [-0.25, -0.2) is 13.1 Å². The largest absolute Gasteiger partial charge is 0.240 e. The van der Waals surface area contributed by atoms with Crippen LogP contribution in [0.25, 0.3) is 0 Å². The van der Waals surface area contributed by atoms with Crippen LogP contribution in [-0.2, 0) is 10.0 Å². The van der Waals surface area contributed by atoms with Crippen molar-refractivity contribution in [1.82, 2.24) is 4.72 Å². The fraction of sp³-hybridized carbons (Fsp3) is 0.600. The lowest BCUT2D eigenvalue weighted by Crippen LogP contribution is -2.37. The van der Waals surface area contributed by atoms with E-state index in [-0.39, 0.29) is 5.41 Å². The Morgan fingerprint density at radius 1 is 1.25 bits per heavy atom. The second-order valence-electron chi connectivity index (χ2n) is 6.11. The van der Waals surface area contributed by atoms with E-state index in [4.69, 9.17) is 0 Å². The Balaban J connectivity index is 2.13. The molecule has 0 unspecified atom stereocenters. The first kappa shape index (κ1) is 16.0. The molecular weight excluding hydrogens is 338 g/mol. The summed E-state index contributed by atoms with van der Waals surface area (Å²) >= 11 is 3.33. The molecule has 0 aromatic heterocycles. The third-order valence-corrected chi connectivity index (χ3v) is 6.23. The molecule has 3 nitrogen and oxygen atoms in total. The molecule has 1 fully saturated rings. The van der Waals surface area contributed by atoms with E-state index >= 15 is 0 Å². The van der Waals surface area contributed by atoms with Gasteiger partial charge in [0.15, 0.2) is 0 Å². The molecule has 0 atom stereocenters. The van der Waals surface area contributed by atoms with Crippen molar-refractivity contribution in [2.45, 2.75) is 50.8 Å². The van der Waals surface area contributed by atoms with Crippen molar-refractivity contribution in [3.8, 4) is 0 Å². The van der Waals surface area contributed by atoms with Gasteiger partial charge >= 0.3 is 0 Å². The second-order valence-corrected chi connectivity index (χ2v) is 8.76. The van der Waals surface area contributed by atoms with E-state index in [2.05, 4.69) is 27.6 Å². The first-order valence-corrected chi connectivity index (χ1v) is 9.36. The molecule has 2 rings (SSSR count). The number of aryl methyl sites for hydroxylation is 1. The molecule has 0 bridgehead atoms. The Kier molecular flexibility index (Phi) is 4.92. The molecule has 1 aliphatic carbocycles. The van der Waals surface area contributed by atoms with Crippen LogP contribution in [0.2, 0.25) is 0 Å². The normalized spacial score (nSPS) is 18.9. The Morgan fingerprint density at radius 3 is 2.55 bits per heavy atom. The molecule has 0 spiro atoms. The smallest absolute Gasteiger partial charge is 0.211 e. The zero-order valence-corrected chi connectivity index (χ0v) is 14.5. The molecule has 1 aliphatic rings. The zero-order valence-electron chi connectivity index (χ0n) is 12.1. The van der Waals surface area contributed by atoms with Crippen molar-refractivity contribution < 1.29 is 8.42 Å². The Bertz CT molecular complexity index is 578. The highest BCUT2D eigenvalue weighted by atomic mass is 79.9. The lowest BCUT2D eigenvalue weighted by atomic mass is 9.76. The van der Waals surface area contributed by atoms with Crippen LogP contribution in [0.5, 0.6) is 0 Å². The molecule has 1 aromatic rings. The van der Waals surface area contributed by atoms with Gasteiger partial charge in [0, 0.05) is 11.0 Å². The maximum Gasteiger partial charge on any atom is 0.240 e. The van der Waals surface area contributed by atoms with Crippen LogP contribution < -0.4 is 4.72 Å². The molecule has 0 heterocycles. The van der Waals surface area contributed by atoms with Gasteiger partial charge < -0.3 is 0 Å². The maximum atomic E-state index is 12.5. The molecule has 0 radical (unpaired) electrons. The molecule has 0 amide bonds. The molecule has 20 heavy (non-hydrogen) atoms. The summed E-state index contributed by atoms with van der Waals surface area (Å²) < 4.78 is 28.5. The van der Waals surface area contributed by atoms with Crippen LogP contribution in [0.15, 0.2) is 27.6 Å². The van der Waals surface area contributed by atoms with Gasteiger partial charge in [0.2, 0.25) is 10.0 Å². The van der Waals surface area contributed by atoms with Crippen molar-refractivity contribution in [3.05, 3.63) is 28.2 Å². The van der Waals surface area contributed by atoms with Gasteiger partial charge in [0.05, 0.1) is 4.90 Å². The SMILES string of the molecule is Cc1ccc(Br)cc1S(=O)(=O)NCC1(C)CCCCC1. The summed E-state index contributed by atoms with van der Waals surface area (Å²) in [5.74, 6) is 0. The number of hydrogen-bond donors (Lipinski definition) is 1. The first-order chi connectivity index (χ1) is 9.32. The number of hydrogen-bond acceptors (Lipinski definition) is 2. The number of benzene rings is 1. The van der Waals surface area contributed by atoms with Gasteiger partial charge in [-0.05, 0) is 42.9 Å². The number of halogens is 1. The minimum atomic E-state index is -3.43. The van der Waals surface area contributed by atoms with Gasteiger partial charge in [-0.3, -0.25) is 0 Å². The third-order valence-electron chi connectivity index (χ3n) is 4.19. The number of nitrogens with one attached hydrogen (secondary N) is 1. The van der Waals surface area contributed by atoms with Gasteiger partial charge in [-0.15, -0.1) is 0 Å². The Labute approximate surface area is 130 Å². The van der Waals surface area contributed by atoms with Crippen LogP contribution >= 0.6 is 15.9 Å². The highest BCUT2D eigenvalue weighted by molar-refractivity contribution is 9.10. The van der Waals surface area contributed by atoms with Gasteiger partial charge in [-0.2, -0.15) is 0 Å². The summed E-state index contributed by atoms with van der Waals surface area (Å²) in [6.45, 7) is 4.53. The van der Waals surface area contributed by atoms with Crippen molar-refractivity contribution in [2.24, 2.45) is 5.41 Å². The fourth-order valence-electron chi connectivity index (χ4n) is 2.79. The average Bonchev–Trinajstić information content (AvgIpc) is 2.40.